The number of nitrogens with one attached hydrogen (secondary N) is 1. The maximum Gasteiger partial charge on any atom is 0.328 e. The number of fused-ring (bicyclic) bond motifs is 1. The predicted octanol–water partition coefficient (Wildman–Crippen LogP) is -0.517. The molecule has 0 bridgehead atoms. The van der Waals surface area contributed by atoms with Gasteiger partial charge >= 0.3 is 5.69 Å². The number of likely N-dealkylation sites (N-methyl/N-ethyl adjacent to an activating group) is 1. The Morgan fingerprint density at radius 2 is 1.93 bits per heavy atom. The van der Waals surface area contributed by atoms with Crippen molar-refractivity contribution in [2.45, 2.75) is 13.0 Å². The molecule has 1 aliphatic rings. The van der Waals surface area contributed by atoms with Gasteiger partial charge in [0.05, 0.1) is 5.56 Å². The number of rotatable bonds is 0. The lowest BCUT2D eigenvalue weighted by atomic mass is 10.1. The van der Waals surface area contributed by atoms with Crippen LogP contribution in [0.3, 0.4) is 0 Å². The number of nitrogens with zero attached hydrogens (tertiary/aromatic N) is 2. The largest absolute Gasteiger partial charge is 0.328 e. The fourth-order valence-corrected chi connectivity index (χ4v) is 1.74. The normalized spacial score (nSPS) is 15.6. The first-order chi connectivity index (χ1) is 6.59. The highest BCUT2D eigenvalue weighted by Crippen LogP contribution is 2.09. The molecule has 0 aromatic carbocycles. The molecule has 1 aliphatic heterocycles. The number of aromatic amines is 1. The molecule has 0 fully saturated rings. The van der Waals surface area contributed by atoms with Crippen molar-refractivity contribution in [3.05, 3.63) is 32.1 Å². The zero-order valence-electron chi connectivity index (χ0n) is 8.74. The zero-order chi connectivity index (χ0) is 10.3. The Hall–Kier alpha value is -1.07. The monoisotopic (exact) mass is 231 g/mol. The van der Waals surface area contributed by atoms with Gasteiger partial charge in [-0.15, -0.1) is 12.4 Å². The summed E-state index contributed by atoms with van der Waals surface area (Å²) in [6.45, 7) is 1.51. The first-order valence-electron chi connectivity index (χ1n) is 4.59. The smallest absolute Gasteiger partial charge is 0.311 e. The molecule has 0 spiro atoms. The molecule has 1 aromatic heterocycles. The molecule has 0 amide bonds. The summed E-state index contributed by atoms with van der Waals surface area (Å²) in [6.07, 6.45) is 0.747. The van der Waals surface area contributed by atoms with Crippen LogP contribution in [0.2, 0.25) is 0 Å². The second-order valence-corrected chi connectivity index (χ2v) is 3.74. The molecule has 2 heterocycles. The quantitative estimate of drug-likeness (QED) is 0.654. The third-order valence-corrected chi connectivity index (χ3v) is 2.66. The number of aromatic nitrogens is 2. The highest BCUT2D eigenvalue weighted by molar-refractivity contribution is 5.85. The van der Waals surface area contributed by atoms with Crippen LogP contribution in [-0.4, -0.2) is 28.0 Å². The summed E-state index contributed by atoms with van der Waals surface area (Å²) in [5, 5.41) is 0. The molecular formula is C9H14ClN3O2. The maximum atomic E-state index is 11.7. The Kier molecular flexibility index (Phi) is 3.36. The summed E-state index contributed by atoms with van der Waals surface area (Å²) in [5.74, 6) is 0. The Bertz CT molecular complexity index is 477. The van der Waals surface area contributed by atoms with Gasteiger partial charge in [-0.2, -0.15) is 0 Å². The summed E-state index contributed by atoms with van der Waals surface area (Å²) in [5.41, 5.74) is 1.03. The van der Waals surface area contributed by atoms with Crippen LogP contribution in [0.5, 0.6) is 0 Å². The average molecular weight is 232 g/mol. The number of hydrogen-bond donors (Lipinski definition) is 1. The topological polar surface area (TPSA) is 58.1 Å². The number of H-pyrrole nitrogens is 1. The van der Waals surface area contributed by atoms with Gasteiger partial charge in [-0.1, -0.05) is 0 Å². The summed E-state index contributed by atoms with van der Waals surface area (Å²) in [7, 11) is 3.46. The molecule has 0 saturated heterocycles. The van der Waals surface area contributed by atoms with Crippen molar-refractivity contribution in [2.75, 3.05) is 13.6 Å². The lowest BCUT2D eigenvalue weighted by molar-refractivity contribution is 0.305. The first kappa shape index (κ1) is 12.0. The Labute approximate surface area is 93.1 Å². The van der Waals surface area contributed by atoms with E-state index >= 15 is 0 Å². The standard InChI is InChI=1S/C9H13N3O2.ClH/c1-11-4-3-7-6(5-11)8(13)12(2)9(14)10-7;/h3-5H2,1-2H3,(H,10,14);1H. The number of halogens is 1. The summed E-state index contributed by atoms with van der Waals surface area (Å²) >= 11 is 0. The fourth-order valence-electron chi connectivity index (χ4n) is 1.74. The van der Waals surface area contributed by atoms with Crippen LogP contribution in [0.15, 0.2) is 9.59 Å². The van der Waals surface area contributed by atoms with E-state index in [0.29, 0.717) is 6.54 Å². The highest BCUT2D eigenvalue weighted by atomic mass is 35.5. The van der Waals surface area contributed by atoms with E-state index in [2.05, 4.69) is 9.88 Å². The average Bonchev–Trinajstić information content (AvgIpc) is 2.16. The molecule has 5 nitrogen and oxygen atoms in total. The van der Waals surface area contributed by atoms with Gasteiger partial charge in [-0.25, -0.2) is 4.79 Å². The lowest BCUT2D eigenvalue weighted by Crippen LogP contribution is -2.41. The van der Waals surface area contributed by atoms with Crippen LogP contribution in [0, 0.1) is 0 Å². The van der Waals surface area contributed by atoms with Crippen molar-refractivity contribution in [1.29, 1.82) is 0 Å². The molecule has 2 rings (SSSR count). The van der Waals surface area contributed by atoms with Crippen molar-refractivity contribution >= 4 is 12.4 Å². The first-order valence-corrected chi connectivity index (χ1v) is 4.59. The van der Waals surface area contributed by atoms with E-state index in [9.17, 15) is 9.59 Å². The van der Waals surface area contributed by atoms with Crippen molar-refractivity contribution in [3.63, 3.8) is 0 Å². The maximum absolute atomic E-state index is 11.7. The summed E-state index contributed by atoms with van der Waals surface area (Å²) < 4.78 is 1.12. The minimum absolute atomic E-state index is 0. The third kappa shape index (κ3) is 1.98. The van der Waals surface area contributed by atoms with E-state index in [4.69, 9.17) is 0 Å². The van der Waals surface area contributed by atoms with E-state index in [1.165, 1.54) is 7.05 Å². The minimum Gasteiger partial charge on any atom is -0.311 e. The van der Waals surface area contributed by atoms with Crippen LogP contribution >= 0.6 is 12.4 Å². The predicted molar refractivity (Wildman–Crippen MR) is 59.6 cm³/mol. The van der Waals surface area contributed by atoms with Crippen molar-refractivity contribution in [3.8, 4) is 0 Å². The van der Waals surface area contributed by atoms with E-state index in [1.807, 2.05) is 7.05 Å². The Morgan fingerprint density at radius 1 is 1.27 bits per heavy atom. The van der Waals surface area contributed by atoms with Gasteiger partial charge in [0, 0.05) is 32.3 Å². The van der Waals surface area contributed by atoms with Crippen LogP contribution in [0.25, 0.3) is 0 Å². The summed E-state index contributed by atoms with van der Waals surface area (Å²) in [4.78, 5) is 27.8. The molecule has 84 valence electrons. The van der Waals surface area contributed by atoms with E-state index in [1.54, 1.807) is 0 Å². The van der Waals surface area contributed by atoms with Gasteiger partial charge in [0.15, 0.2) is 0 Å². The minimum atomic E-state index is -0.321. The Balaban J connectivity index is 0.00000112. The SMILES string of the molecule is CN1CCc2[nH]c(=O)n(C)c(=O)c2C1.Cl. The van der Waals surface area contributed by atoms with Crippen molar-refractivity contribution < 1.29 is 0 Å². The van der Waals surface area contributed by atoms with Crippen LogP contribution in [-0.2, 0) is 20.0 Å². The van der Waals surface area contributed by atoms with Crippen LogP contribution in [0.1, 0.15) is 11.3 Å². The fraction of sp³-hybridized carbons (Fsp3) is 0.556. The van der Waals surface area contributed by atoms with Crippen LogP contribution in [0.4, 0.5) is 0 Å². The molecule has 0 aliphatic carbocycles. The molecule has 6 heteroatoms. The van der Waals surface area contributed by atoms with E-state index in [0.717, 1.165) is 28.8 Å². The van der Waals surface area contributed by atoms with Crippen molar-refractivity contribution in [2.24, 2.45) is 7.05 Å². The second-order valence-electron chi connectivity index (χ2n) is 3.74. The summed E-state index contributed by atoms with van der Waals surface area (Å²) in [6, 6.07) is 0. The van der Waals surface area contributed by atoms with Gasteiger partial charge in [0.1, 0.15) is 0 Å². The lowest BCUT2D eigenvalue weighted by Gasteiger charge is -2.23. The number of hydrogen-bond acceptors (Lipinski definition) is 3. The van der Waals surface area contributed by atoms with Crippen LogP contribution < -0.4 is 11.2 Å². The van der Waals surface area contributed by atoms with Gasteiger partial charge in [-0.05, 0) is 7.05 Å². The molecule has 0 saturated carbocycles. The van der Waals surface area contributed by atoms with Crippen molar-refractivity contribution in [1.82, 2.24) is 14.5 Å². The molecule has 1 aromatic rings. The zero-order valence-corrected chi connectivity index (χ0v) is 9.56. The van der Waals surface area contributed by atoms with E-state index in [-0.39, 0.29) is 23.7 Å². The van der Waals surface area contributed by atoms with Gasteiger partial charge in [-0.3, -0.25) is 9.36 Å². The molecular weight excluding hydrogens is 218 g/mol. The molecule has 0 unspecified atom stereocenters. The molecule has 1 N–H and O–H groups in total. The Morgan fingerprint density at radius 3 is 2.60 bits per heavy atom. The van der Waals surface area contributed by atoms with Gasteiger partial charge < -0.3 is 9.88 Å². The second kappa shape index (κ2) is 4.20. The van der Waals surface area contributed by atoms with Gasteiger partial charge in [0.25, 0.3) is 5.56 Å². The highest BCUT2D eigenvalue weighted by Gasteiger charge is 2.18. The molecule has 0 atom stereocenters. The molecule has 0 radical (unpaired) electrons. The molecule has 15 heavy (non-hydrogen) atoms. The van der Waals surface area contributed by atoms with Gasteiger partial charge in [0.2, 0.25) is 0 Å². The third-order valence-electron chi connectivity index (χ3n) is 2.66. The van der Waals surface area contributed by atoms with E-state index < -0.39 is 0 Å².